The fraction of sp³-hybridized carbons (Fsp3) is 0.724. The van der Waals surface area contributed by atoms with E-state index in [2.05, 4.69) is 18.7 Å². The normalized spacial score (nSPS) is 50.4. The highest BCUT2D eigenvalue weighted by Crippen LogP contribution is 2.77. The maximum absolute atomic E-state index is 13.8. The van der Waals surface area contributed by atoms with Crippen LogP contribution in [0, 0.1) is 34.5 Å². The van der Waals surface area contributed by atoms with Crippen LogP contribution in [0.3, 0.4) is 0 Å². The Morgan fingerprint density at radius 1 is 1.22 bits per heavy atom. The molecule has 0 aromatic heterocycles. The van der Waals surface area contributed by atoms with E-state index in [-0.39, 0.29) is 52.8 Å². The van der Waals surface area contributed by atoms with Crippen LogP contribution in [-0.4, -0.2) is 72.1 Å². The molecule has 7 aliphatic rings. The zero-order valence-electron chi connectivity index (χ0n) is 21.4. The minimum atomic E-state index is -1.09. The van der Waals surface area contributed by atoms with Crippen LogP contribution in [-0.2, 0) is 19.0 Å². The van der Waals surface area contributed by atoms with Crippen LogP contribution in [0.5, 0.6) is 0 Å². The quantitative estimate of drug-likeness (QED) is 0.643. The van der Waals surface area contributed by atoms with Gasteiger partial charge in [-0.25, -0.2) is 4.79 Å². The number of methoxy groups -OCH3 is 1. The highest BCUT2D eigenvalue weighted by Gasteiger charge is 2.85. The fourth-order valence-electron chi connectivity index (χ4n) is 10.6. The standard InChI is InChI=1S/C29H37NO6/c1-4-30-15-27(2)12-11-19(34-3)29-18-14-17-10-13-28(20(18)26(33)35-17,21(24(29)30)22(31)23(27)29)36-25(32)16-8-6-5-7-9-16/h5-9,17-24,31H,4,10-15H2,1-3H3/t17-,18+,19-,20+,21-,22+,23+,24+,27-,28+,29-/m0/s1. The number of benzene rings is 1. The first-order valence-electron chi connectivity index (χ1n) is 13.8. The molecule has 11 atom stereocenters. The molecule has 3 saturated heterocycles. The number of carbonyl (C=O) groups is 2. The zero-order valence-corrected chi connectivity index (χ0v) is 21.4. The third kappa shape index (κ3) is 2.55. The van der Waals surface area contributed by atoms with E-state index in [9.17, 15) is 14.7 Å². The van der Waals surface area contributed by atoms with Gasteiger partial charge in [0.25, 0.3) is 0 Å². The molecule has 7 nitrogen and oxygen atoms in total. The lowest BCUT2D eigenvalue weighted by Crippen LogP contribution is -2.76. The third-order valence-corrected chi connectivity index (χ3v) is 11.4. The van der Waals surface area contributed by atoms with Gasteiger partial charge in [0, 0.05) is 36.9 Å². The minimum Gasteiger partial charge on any atom is -0.462 e. The van der Waals surface area contributed by atoms with Crippen LogP contribution in [0.25, 0.3) is 0 Å². The SMILES string of the molecule is CCN1C[C@]2(C)CC[C@H](OC)[C@@]34[C@@H]5C[C@@H]6CC[C@](OC(=O)c7ccccc7)([C@@H]([C@@H](O)[C@H]23)[C@@H]14)[C@H]5C(=O)O6. The molecule has 1 N–H and O–H groups in total. The summed E-state index contributed by atoms with van der Waals surface area (Å²) in [4.78, 5) is 30.0. The zero-order chi connectivity index (χ0) is 25.0. The third-order valence-electron chi connectivity index (χ3n) is 11.4. The molecule has 0 amide bonds. The maximum atomic E-state index is 13.8. The molecule has 194 valence electrons. The second-order valence-electron chi connectivity index (χ2n) is 12.5. The number of piperidine rings is 1. The van der Waals surface area contributed by atoms with Gasteiger partial charge < -0.3 is 19.3 Å². The molecular weight excluding hydrogens is 458 g/mol. The predicted octanol–water partition coefficient (Wildman–Crippen LogP) is 3.05. The molecule has 3 aliphatic heterocycles. The lowest BCUT2D eigenvalue weighted by Gasteiger charge is -2.69. The Morgan fingerprint density at radius 3 is 2.72 bits per heavy atom. The molecule has 0 radical (unpaired) electrons. The lowest BCUT2D eigenvalue weighted by atomic mass is 9.42. The van der Waals surface area contributed by atoms with Gasteiger partial charge in [-0.3, -0.25) is 9.69 Å². The first kappa shape index (κ1) is 23.2. The summed E-state index contributed by atoms with van der Waals surface area (Å²) in [5.41, 5.74) is -1.08. The van der Waals surface area contributed by atoms with Crippen LogP contribution in [0.4, 0.5) is 0 Å². The smallest absolute Gasteiger partial charge is 0.338 e. The summed E-state index contributed by atoms with van der Waals surface area (Å²) in [6.45, 7) is 6.27. The number of hydrogen-bond acceptors (Lipinski definition) is 7. The van der Waals surface area contributed by atoms with Crippen LogP contribution in [0.15, 0.2) is 30.3 Å². The van der Waals surface area contributed by atoms with E-state index in [1.165, 1.54) is 0 Å². The Kier molecular flexibility index (Phi) is 4.86. The summed E-state index contributed by atoms with van der Waals surface area (Å²) in [5, 5.41) is 12.3. The Balaban J connectivity index is 1.47. The van der Waals surface area contributed by atoms with Crippen molar-refractivity contribution in [2.24, 2.45) is 34.5 Å². The molecule has 4 aliphatic carbocycles. The van der Waals surface area contributed by atoms with Crippen molar-refractivity contribution in [3.8, 4) is 0 Å². The Labute approximate surface area is 212 Å². The number of esters is 2. The fourth-order valence-corrected chi connectivity index (χ4v) is 10.6. The van der Waals surface area contributed by atoms with Crippen LogP contribution < -0.4 is 0 Å². The van der Waals surface area contributed by atoms with E-state index in [0.717, 1.165) is 32.4 Å². The van der Waals surface area contributed by atoms with Gasteiger partial charge in [-0.15, -0.1) is 0 Å². The molecule has 3 heterocycles. The largest absolute Gasteiger partial charge is 0.462 e. The second kappa shape index (κ2) is 7.55. The molecule has 4 saturated carbocycles. The minimum absolute atomic E-state index is 0.00375. The number of fused-ring (bicyclic) bond motifs is 2. The molecule has 1 spiro atoms. The number of carbonyl (C=O) groups excluding carboxylic acids is 2. The van der Waals surface area contributed by atoms with Crippen molar-refractivity contribution in [2.45, 2.75) is 75.9 Å². The Hall–Kier alpha value is -1.96. The molecule has 8 rings (SSSR count). The summed E-state index contributed by atoms with van der Waals surface area (Å²) in [6.07, 6.45) is 2.95. The van der Waals surface area contributed by atoms with Crippen LogP contribution >= 0.6 is 0 Å². The van der Waals surface area contributed by atoms with Gasteiger partial charge in [-0.1, -0.05) is 32.0 Å². The van der Waals surface area contributed by atoms with E-state index < -0.39 is 23.6 Å². The van der Waals surface area contributed by atoms with Crippen molar-refractivity contribution in [1.82, 2.24) is 4.90 Å². The molecule has 7 heteroatoms. The number of hydrogen-bond donors (Lipinski definition) is 1. The molecule has 9 bridgehead atoms. The molecule has 36 heavy (non-hydrogen) atoms. The van der Waals surface area contributed by atoms with Gasteiger partial charge in [0.05, 0.1) is 17.8 Å². The van der Waals surface area contributed by atoms with Gasteiger partial charge in [-0.05, 0) is 62.1 Å². The predicted molar refractivity (Wildman–Crippen MR) is 130 cm³/mol. The number of ether oxygens (including phenoxy) is 3. The highest BCUT2D eigenvalue weighted by molar-refractivity contribution is 5.90. The summed E-state index contributed by atoms with van der Waals surface area (Å²) >= 11 is 0. The van der Waals surface area contributed by atoms with Crippen molar-refractivity contribution in [3.05, 3.63) is 35.9 Å². The van der Waals surface area contributed by atoms with Gasteiger partial charge in [-0.2, -0.15) is 0 Å². The molecule has 1 aromatic rings. The highest BCUT2D eigenvalue weighted by atomic mass is 16.6. The van der Waals surface area contributed by atoms with E-state index >= 15 is 0 Å². The summed E-state index contributed by atoms with van der Waals surface area (Å²) in [6, 6.07) is 9.02. The summed E-state index contributed by atoms with van der Waals surface area (Å²) in [5.74, 6) is -1.68. The van der Waals surface area contributed by atoms with E-state index in [4.69, 9.17) is 14.2 Å². The van der Waals surface area contributed by atoms with Crippen LogP contribution in [0.1, 0.15) is 56.3 Å². The van der Waals surface area contributed by atoms with Crippen molar-refractivity contribution in [3.63, 3.8) is 0 Å². The molecular formula is C29H37NO6. The average Bonchev–Trinajstić information content (AvgIpc) is 2.95. The van der Waals surface area contributed by atoms with Gasteiger partial charge in [0.2, 0.25) is 0 Å². The van der Waals surface area contributed by atoms with Crippen molar-refractivity contribution >= 4 is 11.9 Å². The van der Waals surface area contributed by atoms with E-state index in [1.54, 1.807) is 19.2 Å². The van der Waals surface area contributed by atoms with Crippen molar-refractivity contribution in [1.29, 1.82) is 0 Å². The molecule has 7 fully saturated rings. The van der Waals surface area contributed by atoms with Gasteiger partial charge >= 0.3 is 11.9 Å². The lowest BCUT2D eigenvalue weighted by molar-refractivity contribution is -0.268. The average molecular weight is 496 g/mol. The van der Waals surface area contributed by atoms with E-state index in [0.29, 0.717) is 18.4 Å². The number of aliphatic hydroxyl groups excluding tert-OH is 1. The van der Waals surface area contributed by atoms with E-state index in [1.807, 2.05) is 18.2 Å². The van der Waals surface area contributed by atoms with Crippen LogP contribution in [0.2, 0.25) is 0 Å². The maximum Gasteiger partial charge on any atom is 0.338 e. The number of aliphatic hydroxyl groups is 1. The first-order valence-corrected chi connectivity index (χ1v) is 13.8. The molecule has 0 unspecified atom stereocenters. The monoisotopic (exact) mass is 495 g/mol. The number of rotatable bonds is 4. The first-order chi connectivity index (χ1) is 17.3. The Bertz CT molecular complexity index is 1090. The topological polar surface area (TPSA) is 85.3 Å². The van der Waals surface area contributed by atoms with Crippen molar-refractivity contribution in [2.75, 3.05) is 20.2 Å². The molecule has 1 aromatic carbocycles. The summed E-state index contributed by atoms with van der Waals surface area (Å²) < 4.78 is 18.8. The van der Waals surface area contributed by atoms with Gasteiger partial charge in [0.15, 0.2) is 0 Å². The second-order valence-corrected chi connectivity index (χ2v) is 12.5. The number of nitrogens with zero attached hydrogens (tertiary/aromatic N) is 1. The van der Waals surface area contributed by atoms with Gasteiger partial charge in [0.1, 0.15) is 17.6 Å². The summed E-state index contributed by atoms with van der Waals surface area (Å²) in [7, 11) is 1.79. The van der Waals surface area contributed by atoms with Crippen molar-refractivity contribution < 1.29 is 28.9 Å². The number of likely N-dealkylation sites (tertiary alicyclic amines) is 1. The Morgan fingerprint density at radius 2 is 2.00 bits per heavy atom.